The fourth-order valence-corrected chi connectivity index (χ4v) is 1.62. The molecule has 0 heterocycles. The number of Topliss-reactive ketones (excluding diaryl/α,β-unsaturated/α-hetero) is 1. The Morgan fingerprint density at radius 1 is 1.50 bits per heavy atom. The number of carbonyl (C=O) groups is 1. The lowest BCUT2D eigenvalue weighted by Gasteiger charge is -1.99. The normalized spacial score (nSPS) is 11.4. The van der Waals surface area contributed by atoms with Crippen molar-refractivity contribution in [1.82, 2.24) is 4.72 Å². The van der Waals surface area contributed by atoms with Crippen LogP contribution in [0.2, 0.25) is 0 Å². The molecule has 4 nitrogen and oxygen atoms in total. The highest BCUT2D eigenvalue weighted by atomic mass is 32.2. The van der Waals surface area contributed by atoms with Crippen molar-refractivity contribution >= 4 is 15.8 Å². The van der Waals surface area contributed by atoms with E-state index < -0.39 is 15.8 Å². The van der Waals surface area contributed by atoms with Gasteiger partial charge in [-0.2, -0.15) is 0 Å². The van der Waals surface area contributed by atoms with Crippen LogP contribution in [0.1, 0.15) is 13.8 Å². The Bertz CT molecular complexity index is 207. The fourth-order valence-electron chi connectivity index (χ4n) is 0.539. The molecule has 0 aromatic carbocycles. The van der Waals surface area contributed by atoms with Gasteiger partial charge in [-0.1, -0.05) is 6.92 Å². The van der Waals surface area contributed by atoms with Gasteiger partial charge in [0.1, 0.15) is 11.5 Å². The molecule has 0 rings (SSSR count). The Balaban J connectivity index is 4.02. The maximum absolute atomic E-state index is 10.7. The Morgan fingerprint density at radius 3 is 2.30 bits per heavy atom. The summed E-state index contributed by atoms with van der Waals surface area (Å²) in [5.74, 6) is -0.762. The number of carbonyl (C=O) groups excluding carboxylic acids is 1. The van der Waals surface area contributed by atoms with Gasteiger partial charge in [-0.15, -0.1) is 0 Å². The zero-order valence-electron chi connectivity index (χ0n) is 6.05. The van der Waals surface area contributed by atoms with Crippen molar-refractivity contribution in [3.8, 4) is 0 Å². The van der Waals surface area contributed by atoms with E-state index in [4.69, 9.17) is 0 Å². The van der Waals surface area contributed by atoms with Crippen molar-refractivity contribution in [2.45, 2.75) is 13.8 Å². The molecule has 0 saturated heterocycles. The van der Waals surface area contributed by atoms with Crippen LogP contribution in [0.15, 0.2) is 0 Å². The number of nitrogens with one attached hydrogen (secondary N) is 1. The first-order valence-corrected chi connectivity index (χ1v) is 4.60. The van der Waals surface area contributed by atoms with Gasteiger partial charge in [0.15, 0.2) is 0 Å². The quantitative estimate of drug-likeness (QED) is 0.611. The maximum atomic E-state index is 10.7. The van der Waals surface area contributed by atoms with E-state index in [1.54, 1.807) is 6.92 Å². The van der Waals surface area contributed by atoms with Crippen molar-refractivity contribution in [2.24, 2.45) is 0 Å². The zero-order valence-corrected chi connectivity index (χ0v) is 6.86. The van der Waals surface area contributed by atoms with Crippen molar-refractivity contribution in [1.29, 1.82) is 0 Å². The van der Waals surface area contributed by atoms with Crippen LogP contribution in [-0.2, 0) is 14.8 Å². The largest absolute Gasteiger partial charge is 0.299 e. The van der Waals surface area contributed by atoms with Crippen LogP contribution in [0.4, 0.5) is 0 Å². The third-order valence-electron chi connectivity index (χ3n) is 0.758. The Labute approximate surface area is 60.7 Å². The van der Waals surface area contributed by atoms with Crippen LogP contribution in [0.3, 0.4) is 0 Å². The van der Waals surface area contributed by atoms with Crippen molar-refractivity contribution in [3.63, 3.8) is 0 Å². The van der Waals surface area contributed by atoms with E-state index in [1.807, 2.05) is 0 Å². The molecular weight excluding hydrogens is 154 g/mol. The van der Waals surface area contributed by atoms with E-state index in [9.17, 15) is 13.2 Å². The van der Waals surface area contributed by atoms with Crippen molar-refractivity contribution in [2.75, 3.05) is 12.3 Å². The third kappa shape index (κ3) is 4.46. The fraction of sp³-hybridized carbons (Fsp3) is 0.800. The van der Waals surface area contributed by atoms with Crippen molar-refractivity contribution in [3.05, 3.63) is 0 Å². The lowest BCUT2D eigenvalue weighted by molar-refractivity contribution is -0.114. The second-order valence-electron chi connectivity index (χ2n) is 1.96. The van der Waals surface area contributed by atoms with Crippen molar-refractivity contribution < 1.29 is 13.2 Å². The van der Waals surface area contributed by atoms with Gasteiger partial charge in [0, 0.05) is 6.54 Å². The monoisotopic (exact) mass is 165 g/mol. The molecule has 0 saturated carbocycles. The number of rotatable bonds is 4. The van der Waals surface area contributed by atoms with E-state index in [-0.39, 0.29) is 5.78 Å². The Morgan fingerprint density at radius 2 is 2.00 bits per heavy atom. The predicted octanol–water partition coefficient (Wildman–Crippen LogP) is -0.485. The van der Waals surface area contributed by atoms with E-state index >= 15 is 0 Å². The molecule has 0 aliphatic rings. The summed E-state index contributed by atoms with van der Waals surface area (Å²) >= 11 is 0. The molecular formula is C5H11NO3S. The van der Waals surface area contributed by atoms with E-state index in [1.165, 1.54) is 6.92 Å². The van der Waals surface area contributed by atoms with Crippen LogP contribution in [0, 0.1) is 0 Å². The van der Waals surface area contributed by atoms with Gasteiger partial charge in [-0.3, -0.25) is 4.79 Å². The number of hydrogen-bond acceptors (Lipinski definition) is 3. The van der Waals surface area contributed by atoms with E-state index in [0.717, 1.165) is 0 Å². The van der Waals surface area contributed by atoms with Gasteiger partial charge in [0.2, 0.25) is 10.0 Å². The topological polar surface area (TPSA) is 63.2 Å². The summed E-state index contributed by atoms with van der Waals surface area (Å²) in [4.78, 5) is 10.3. The molecule has 1 N–H and O–H groups in total. The molecule has 0 amide bonds. The van der Waals surface area contributed by atoms with Gasteiger partial charge in [-0.05, 0) is 6.92 Å². The van der Waals surface area contributed by atoms with Gasteiger partial charge >= 0.3 is 0 Å². The molecule has 0 atom stereocenters. The highest BCUT2D eigenvalue weighted by Crippen LogP contribution is 1.83. The first-order chi connectivity index (χ1) is 4.48. The zero-order chi connectivity index (χ0) is 8.20. The summed E-state index contributed by atoms with van der Waals surface area (Å²) in [5, 5.41) is 0. The van der Waals surface area contributed by atoms with Crippen LogP contribution >= 0.6 is 0 Å². The third-order valence-corrected chi connectivity index (χ3v) is 2.27. The minimum Gasteiger partial charge on any atom is -0.299 e. The molecule has 0 aliphatic heterocycles. The van der Waals surface area contributed by atoms with E-state index in [0.29, 0.717) is 6.54 Å². The predicted molar refractivity (Wildman–Crippen MR) is 38.1 cm³/mol. The minimum atomic E-state index is -3.33. The second kappa shape index (κ2) is 3.68. The van der Waals surface area contributed by atoms with Gasteiger partial charge in [0.25, 0.3) is 0 Å². The molecule has 10 heavy (non-hydrogen) atoms. The van der Waals surface area contributed by atoms with Gasteiger partial charge < -0.3 is 0 Å². The summed E-state index contributed by atoms with van der Waals surface area (Å²) in [6.45, 7) is 3.24. The second-order valence-corrected chi connectivity index (χ2v) is 3.77. The van der Waals surface area contributed by atoms with Gasteiger partial charge in [-0.25, -0.2) is 13.1 Å². The smallest absolute Gasteiger partial charge is 0.218 e. The maximum Gasteiger partial charge on any atom is 0.218 e. The SMILES string of the molecule is CCNS(=O)(=O)CC(C)=O. The first-order valence-electron chi connectivity index (χ1n) is 2.94. The Kier molecular flexibility index (Phi) is 3.52. The van der Waals surface area contributed by atoms with Gasteiger partial charge in [0.05, 0.1) is 0 Å². The summed E-state index contributed by atoms with van der Waals surface area (Å²) in [7, 11) is -3.33. The molecule has 0 unspecified atom stereocenters. The van der Waals surface area contributed by atoms with Crippen LogP contribution in [0.5, 0.6) is 0 Å². The molecule has 0 aliphatic carbocycles. The average molecular weight is 165 g/mol. The standard InChI is InChI=1S/C5H11NO3S/c1-3-6-10(8,9)4-5(2)7/h6H,3-4H2,1-2H3. The number of hydrogen-bond donors (Lipinski definition) is 1. The molecule has 0 fully saturated rings. The molecule has 60 valence electrons. The lowest BCUT2D eigenvalue weighted by atomic mass is 10.5. The van der Waals surface area contributed by atoms with E-state index in [2.05, 4.69) is 4.72 Å². The summed E-state index contributed by atoms with van der Waals surface area (Å²) < 4.78 is 23.6. The summed E-state index contributed by atoms with van der Waals surface area (Å²) in [6.07, 6.45) is 0. The average Bonchev–Trinajstić information content (AvgIpc) is 1.59. The van der Waals surface area contributed by atoms with Crippen LogP contribution in [-0.4, -0.2) is 26.5 Å². The number of sulfonamides is 1. The molecule has 0 radical (unpaired) electrons. The molecule has 0 aromatic rings. The summed E-state index contributed by atoms with van der Waals surface area (Å²) in [5.41, 5.74) is 0. The first kappa shape index (κ1) is 9.58. The highest BCUT2D eigenvalue weighted by molar-refractivity contribution is 7.90. The number of ketones is 1. The highest BCUT2D eigenvalue weighted by Gasteiger charge is 2.10. The minimum absolute atomic E-state index is 0.329. The Hall–Kier alpha value is -0.420. The molecule has 5 heteroatoms. The molecule has 0 spiro atoms. The van der Waals surface area contributed by atoms with Crippen LogP contribution < -0.4 is 4.72 Å². The molecule has 0 bridgehead atoms. The molecule has 0 aromatic heterocycles. The lowest BCUT2D eigenvalue weighted by Crippen LogP contribution is -2.28. The summed E-state index contributed by atoms with van der Waals surface area (Å²) in [6, 6.07) is 0. The van der Waals surface area contributed by atoms with Crippen LogP contribution in [0.25, 0.3) is 0 Å².